The van der Waals surface area contributed by atoms with E-state index >= 15 is 0 Å². The molecule has 1 aliphatic rings. The molecule has 0 aromatic heterocycles. The molecule has 0 radical (unpaired) electrons. The van der Waals surface area contributed by atoms with Gasteiger partial charge in [0.05, 0.1) is 16.7 Å². The van der Waals surface area contributed by atoms with E-state index in [1.54, 1.807) is 24.3 Å². The zero-order valence-electron chi connectivity index (χ0n) is 14.6. The molecule has 2 aromatic rings. The number of carbonyl (C=O) groups is 2. The quantitative estimate of drug-likeness (QED) is 0.530. The minimum atomic E-state index is -0.580. The Morgan fingerprint density at radius 3 is 2.59 bits per heavy atom. The molecule has 0 aliphatic carbocycles. The average molecular weight is 391 g/mol. The molecule has 0 amide bonds. The van der Waals surface area contributed by atoms with Gasteiger partial charge in [-0.05, 0) is 49.2 Å². The number of esters is 2. The number of benzene rings is 2. The largest absolute Gasteiger partial charge is 0.480 e. The molecule has 1 saturated heterocycles. The van der Waals surface area contributed by atoms with Crippen LogP contribution in [0.15, 0.2) is 48.5 Å². The maximum absolute atomic E-state index is 12.0. The summed E-state index contributed by atoms with van der Waals surface area (Å²) < 4.78 is 21.1. The first-order chi connectivity index (χ1) is 13.1. The van der Waals surface area contributed by atoms with Crippen LogP contribution in [0.4, 0.5) is 0 Å². The van der Waals surface area contributed by atoms with E-state index in [1.807, 2.05) is 0 Å². The number of hydrogen-bond donors (Lipinski definition) is 0. The zero-order valence-corrected chi connectivity index (χ0v) is 15.3. The van der Waals surface area contributed by atoms with Gasteiger partial charge in [-0.15, -0.1) is 0 Å². The zero-order chi connectivity index (χ0) is 19.1. The minimum absolute atomic E-state index is 0.0210. The summed E-state index contributed by atoms with van der Waals surface area (Å²) in [4.78, 5) is 23.9. The predicted octanol–water partition coefficient (Wildman–Crippen LogP) is 3.66. The minimum Gasteiger partial charge on any atom is -0.480 e. The van der Waals surface area contributed by atoms with E-state index in [9.17, 15) is 9.59 Å². The van der Waals surface area contributed by atoms with E-state index in [2.05, 4.69) is 0 Å². The van der Waals surface area contributed by atoms with Crippen LogP contribution >= 0.6 is 11.6 Å². The molecular formula is C20H19ClO6. The van der Waals surface area contributed by atoms with Crippen LogP contribution in [0.1, 0.15) is 23.2 Å². The summed E-state index contributed by atoms with van der Waals surface area (Å²) >= 11 is 5.95. The number of halogens is 1. The van der Waals surface area contributed by atoms with Gasteiger partial charge in [-0.2, -0.15) is 0 Å². The van der Waals surface area contributed by atoms with Crippen molar-refractivity contribution in [3.8, 4) is 11.5 Å². The van der Waals surface area contributed by atoms with Crippen molar-refractivity contribution in [2.45, 2.75) is 18.9 Å². The lowest BCUT2D eigenvalue weighted by molar-refractivity contribution is -0.136. The monoisotopic (exact) mass is 390 g/mol. The maximum atomic E-state index is 12.0. The number of rotatable bonds is 7. The first kappa shape index (κ1) is 19.2. The fourth-order valence-corrected chi connectivity index (χ4v) is 2.74. The highest BCUT2D eigenvalue weighted by molar-refractivity contribution is 6.32. The maximum Gasteiger partial charge on any atom is 0.349 e. The van der Waals surface area contributed by atoms with E-state index in [0.29, 0.717) is 28.7 Å². The van der Waals surface area contributed by atoms with Crippen LogP contribution in [0.5, 0.6) is 11.5 Å². The summed E-state index contributed by atoms with van der Waals surface area (Å²) in [5.74, 6) is -0.312. The van der Waals surface area contributed by atoms with Crippen LogP contribution in [0.3, 0.4) is 0 Å². The number of hydrogen-bond acceptors (Lipinski definition) is 6. The van der Waals surface area contributed by atoms with Gasteiger partial charge in [0.2, 0.25) is 0 Å². The van der Waals surface area contributed by atoms with Gasteiger partial charge in [0, 0.05) is 6.61 Å². The molecule has 142 valence electrons. The van der Waals surface area contributed by atoms with Gasteiger partial charge in [-0.1, -0.05) is 23.7 Å². The molecule has 1 heterocycles. The SMILES string of the molecule is O=C(COc1ccccc1Cl)Oc1ccc(C(=O)OCC2CCCO2)cc1. The molecule has 3 rings (SSSR count). The molecule has 0 spiro atoms. The normalized spacial score (nSPS) is 16.0. The van der Waals surface area contributed by atoms with Gasteiger partial charge < -0.3 is 18.9 Å². The van der Waals surface area contributed by atoms with E-state index < -0.39 is 11.9 Å². The summed E-state index contributed by atoms with van der Waals surface area (Å²) in [6.45, 7) is 0.673. The molecule has 0 N–H and O–H groups in total. The summed E-state index contributed by atoms with van der Waals surface area (Å²) in [5, 5.41) is 0.413. The molecule has 1 unspecified atom stereocenters. The van der Waals surface area contributed by atoms with Crippen LogP contribution in [-0.4, -0.2) is 37.9 Å². The summed E-state index contributed by atoms with van der Waals surface area (Å²) in [6, 6.07) is 13.0. The van der Waals surface area contributed by atoms with Crippen LogP contribution < -0.4 is 9.47 Å². The van der Waals surface area contributed by atoms with Crippen molar-refractivity contribution in [2.24, 2.45) is 0 Å². The van der Waals surface area contributed by atoms with E-state index in [0.717, 1.165) is 12.8 Å². The second-order valence-electron chi connectivity index (χ2n) is 5.95. The molecule has 1 aliphatic heterocycles. The molecule has 0 saturated carbocycles. The van der Waals surface area contributed by atoms with Crippen molar-refractivity contribution in [3.63, 3.8) is 0 Å². The second kappa shape index (κ2) is 9.39. The number of para-hydroxylation sites is 1. The number of ether oxygens (including phenoxy) is 4. The van der Waals surface area contributed by atoms with Crippen LogP contribution in [0.25, 0.3) is 0 Å². The second-order valence-corrected chi connectivity index (χ2v) is 6.36. The average Bonchev–Trinajstić information content (AvgIpc) is 3.20. The fourth-order valence-electron chi connectivity index (χ4n) is 2.55. The highest BCUT2D eigenvalue weighted by atomic mass is 35.5. The van der Waals surface area contributed by atoms with E-state index in [1.165, 1.54) is 24.3 Å². The van der Waals surface area contributed by atoms with Crippen molar-refractivity contribution in [1.82, 2.24) is 0 Å². The Hall–Kier alpha value is -2.57. The van der Waals surface area contributed by atoms with Crippen molar-refractivity contribution >= 4 is 23.5 Å². The highest BCUT2D eigenvalue weighted by Gasteiger charge is 2.18. The lowest BCUT2D eigenvalue weighted by Gasteiger charge is -2.10. The Morgan fingerprint density at radius 1 is 1.11 bits per heavy atom. The van der Waals surface area contributed by atoms with Gasteiger partial charge in [-0.25, -0.2) is 9.59 Å². The van der Waals surface area contributed by atoms with Crippen LogP contribution in [0, 0.1) is 0 Å². The summed E-state index contributed by atoms with van der Waals surface area (Å²) in [7, 11) is 0. The molecule has 7 heteroatoms. The Labute approximate surface area is 161 Å². The molecule has 2 aromatic carbocycles. The lowest BCUT2D eigenvalue weighted by Crippen LogP contribution is -2.18. The third-order valence-corrected chi connectivity index (χ3v) is 4.24. The van der Waals surface area contributed by atoms with Crippen molar-refractivity contribution in [2.75, 3.05) is 19.8 Å². The fraction of sp³-hybridized carbons (Fsp3) is 0.300. The van der Waals surface area contributed by atoms with Gasteiger partial charge in [-0.3, -0.25) is 0 Å². The Morgan fingerprint density at radius 2 is 1.89 bits per heavy atom. The summed E-state index contributed by atoms with van der Waals surface area (Å²) in [6.07, 6.45) is 1.87. The van der Waals surface area contributed by atoms with E-state index in [4.69, 9.17) is 30.5 Å². The van der Waals surface area contributed by atoms with Crippen molar-refractivity contribution < 1.29 is 28.5 Å². The first-order valence-electron chi connectivity index (χ1n) is 8.58. The molecule has 0 bridgehead atoms. The molecule has 6 nitrogen and oxygen atoms in total. The highest BCUT2D eigenvalue weighted by Crippen LogP contribution is 2.23. The predicted molar refractivity (Wildman–Crippen MR) is 98.3 cm³/mol. The molecule has 1 atom stereocenters. The first-order valence-corrected chi connectivity index (χ1v) is 8.96. The lowest BCUT2D eigenvalue weighted by atomic mass is 10.2. The van der Waals surface area contributed by atoms with Crippen LogP contribution in [0.2, 0.25) is 5.02 Å². The summed E-state index contributed by atoms with van der Waals surface area (Å²) in [5.41, 5.74) is 0.375. The van der Waals surface area contributed by atoms with E-state index in [-0.39, 0.29) is 19.3 Å². The van der Waals surface area contributed by atoms with Gasteiger partial charge >= 0.3 is 11.9 Å². The van der Waals surface area contributed by atoms with Gasteiger partial charge in [0.1, 0.15) is 18.1 Å². The smallest absolute Gasteiger partial charge is 0.349 e. The Balaban J connectivity index is 1.45. The molecular weight excluding hydrogens is 372 g/mol. The molecule has 27 heavy (non-hydrogen) atoms. The number of carbonyl (C=O) groups excluding carboxylic acids is 2. The van der Waals surface area contributed by atoms with Crippen molar-refractivity contribution in [1.29, 1.82) is 0 Å². The van der Waals surface area contributed by atoms with Crippen molar-refractivity contribution in [3.05, 3.63) is 59.1 Å². The third-order valence-electron chi connectivity index (χ3n) is 3.93. The topological polar surface area (TPSA) is 71.1 Å². The van der Waals surface area contributed by atoms with Crippen LogP contribution in [-0.2, 0) is 14.3 Å². The third kappa shape index (κ3) is 5.70. The van der Waals surface area contributed by atoms with Gasteiger partial charge in [0.25, 0.3) is 0 Å². The standard InChI is InChI=1S/C20H19ClO6/c21-17-5-1-2-6-18(17)25-13-19(22)27-15-9-7-14(8-10-15)20(23)26-12-16-4-3-11-24-16/h1-2,5-10,16H,3-4,11-13H2. The van der Waals surface area contributed by atoms with Gasteiger partial charge in [0.15, 0.2) is 6.61 Å². The Kier molecular flexibility index (Phi) is 6.68. The Bertz CT molecular complexity index is 783. The molecule has 1 fully saturated rings.